The Morgan fingerprint density at radius 2 is 1.74 bits per heavy atom. The minimum absolute atomic E-state index is 0.163. The summed E-state index contributed by atoms with van der Waals surface area (Å²) in [7, 11) is 0. The molecule has 1 aliphatic carbocycles. The molecule has 2 aliphatic rings. The molecule has 1 amide bonds. The van der Waals surface area contributed by atoms with Crippen LogP contribution in [0.4, 0.5) is 0 Å². The molecule has 4 rings (SSSR count). The first kappa shape index (κ1) is 18.1. The number of benzene rings is 2. The van der Waals surface area contributed by atoms with E-state index >= 15 is 0 Å². The standard InChI is InChI=1S/C24H29NO2/c1-23(2)13-20-14-24(3,16-23)17-25(20)22(26)19-9-11-21(12-10-19)27-15-18-7-5-4-6-8-18/h4-12,20H,13-17H2,1-3H3. The number of amides is 1. The zero-order valence-electron chi connectivity index (χ0n) is 16.6. The van der Waals surface area contributed by atoms with Gasteiger partial charge in [-0.1, -0.05) is 51.1 Å². The maximum Gasteiger partial charge on any atom is 0.254 e. The van der Waals surface area contributed by atoms with Gasteiger partial charge in [-0.15, -0.1) is 0 Å². The fraction of sp³-hybridized carbons (Fsp3) is 0.458. The van der Waals surface area contributed by atoms with Crippen LogP contribution >= 0.6 is 0 Å². The van der Waals surface area contributed by atoms with Crippen LogP contribution in [0.5, 0.6) is 5.75 Å². The van der Waals surface area contributed by atoms with Crippen molar-refractivity contribution >= 4 is 5.91 Å². The first-order valence-corrected chi connectivity index (χ1v) is 9.91. The number of hydrogen-bond donors (Lipinski definition) is 0. The fourth-order valence-corrected chi connectivity index (χ4v) is 5.30. The van der Waals surface area contributed by atoms with E-state index in [1.807, 2.05) is 54.6 Å². The highest BCUT2D eigenvalue weighted by molar-refractivity contribution is 5.94. The third-order valence-corrected chi connectivity index (χ3v) is 6.03. The largest absolute Gasteiger partial charge is 0.489 e. The van der Waals surface area contributed by atoms with E-state index in [1.54, 1.807) is 0 Å². The molecular weight excluding hydrogens is 334 g/mol. The topological polar surface area (TPSA) is 29.5 Å². The Labute approximate surface area is 162 Å². The van der Waals surface area contributed by atoms with E-state index in [4.69, 9.17) is 4.74 Å². The van der Waals surface area contributed by atoms with Crippen molar-refractivity contribution in [3.05, 3.63) is 65.7 Å². The van der Waals surface area contributed by atoms with Crippen molar-refractivity contribution in [3.8, 4) is 5.75 Å². The summed E-state index contributed by atoms with van der Waals surface area (Å²) in [4.78, 5) is 15.2. The summed E-state index contributed by atoms with van der Waals surface area (Å²) >= 11 is 0. The molecule has 0 spiro atoms. The zero-order chi connectivity index (χ0) is 19.1. The lowest BCUT2D eigenvalue weighted by atomic mass is 9.65. The Hall–Kier alpha value is -2.29. The molecule has 2 aromatic carbocycles. The van der Waals surface area contributed by atoms with Gasteiger partial charge in [0.15, 0.2) is 0 Å². The van der Waals surface area contributed by atoms with Crippen molar-refractivity contribution in [1.29, 1.82) is 0 Å². The molecule has 2 unspecified atom stereocenters. The van der Waals surface area contributed by atoms with Gasteiger partial charge in [0.2, 0.25) is 0 Å². The van der Waals surface area contributed by atoms with Crippen LogP contribution in [0.1, 0.15) is 56.0 Å². The van der Waals surface area contributed by atoms with Gasteiger partial charge in [-0.25, -0.2) is 0 Å². The quantitative estimate of drug-likeness (QED) is 0.737. The van der Waals surface area contributed by atoms with Crippen LogP contribution in [0.3, 0.4) is 0 Å². The van der Waals surface area contributed by atoms with Gasteiger partial charge in [-0.05, 0) is 59.9 Å². The molecule has 142 valence electrons. The molecule has 0 aromatic heterocycles. The minimum Gasteiger partial charge on any atom is -0.489 e. The Morgan fingerprint density at radius 1 is 1.04 bits per heavy atom. The molecule has 3 nitrogen and oxygen atoms in total. The third kappa shape index (κ3) is 3.87. The summed E-state index contributed by atoms with van der Waals surface area (Å²) in [6.45, 7) is 8.44. The predicted molar refractivity (Wildman–Crippen MR) is 108 cm³/mol. The van der Waals surface area contributed by atoms with Crippen molar-refractivity contribution in [3.63, 3.8) is 0 Å². The van der Waals surface area contributed by atoms with Crippen LogP contribution < -0.4 is 4.74 Å². The highest BCUT2D eigenvalue weighted by Gasteiger charge is 2.50. The highest BCUT2D eigenvalue weighted by Crippen LogP contribution is 2.52. The summed E-state index contributed by atoms with van der Waals surface area (Å²) in [5, 5.41) is 0. The van der Waals surface area contributed by atoms with E-state index < -0.39 is 0 Å². The van der Waals surface area contributed by atoms with Crippen molar-refractivity contribution in [2.24, 2.45) is 10.8 Å². The molecule has 1 saturated heterocycles. The lowest BCUT2D eigenvalue weighted by Crippen LogP contribution is -2.37. The van der Waals surface area contributed by atoms with Crippen LogP contribution in [0.2, 0.25) is 0 Å². The van der Waals surface area contributed by atoms with Gasteiger partial charge in [-0.3, -0.25) is 4.79 Å². The number of rotatable bonds is 4. The number of likely N-dealkylation sites (tertiary alicyclic amines) is 1. The second-order valence-electron chi connectivity index (χ2n) is 9.45. The molecule has 1 heterocycles. The van der Waals surface area contributed by atoms with Crippen molar-refractivity contribution in [2.45, 2.75) is 52.7 Å². The summed E-state index contributed by atoms with van der Waals surface area (Å²) in [5.41, 5.74) is 2.48. The number of carbonyl (C=O) groups is 1. The molecule has 2 aromatic rings. The van der Waals surface area contributed by atoms with E-state index in [0.29, 0.717) is 18.1 Å². The maximum atomic E-state index is 13.1. The smallest absolute Gasteiger partial charge is 0.254 e. The first-order chi connectivity index (χ1) is 12.8. The fourth-order valence-electron chi connectivity index (χ4n) is 5.30. The minimum atomic E-state index is 0.163. The second kappa shape index (κ2) is 6.70. The van der Waals surface area contributed by atoms with Gasteiger partial charge in [0, 0.05) is 18.2 Å². The van der Waals surface area contributed by atoms with Crippen molar-refractivity contribution < 1.29 is 9.53 Å². The van der Waals surface area contributed by atoms with Crippen LogP contribution in [-0.4, -0.2) is 23.4 Å². The molecule has 2 bridgehead atoms. The maximum absolute atomic E-state index is 13.1. The van der Waals surface area contributed by atoms with Crippen LogP contribution in [-0.2, 0) is 6.61 Å². The molecular formula is C24H29NO2. The normalized spacial score (nSPS) is 26.0. The van der Waals surface area contributed by atoms with Gasteiger partial charge in [0.1, 0.15) is 12.4 Å². The molecule has 1 saturated carbocycles. The van der Waals surface area contributed by atoms with Gasteiger partial charge in [0.05, 0.1) is 0 Å². The van der Waals surface area contributed by atoms with E-state index in [9.17, 15) is 4.79 Å². The van der Waals surface area contributed by atoms with Gasteiger partial charge in [-0.2, -0.15) is 0 Å². The lowest BCUT2D eigenvalue weighted by molar-refractivity contribution is 0.0708. The lowest BCUT2D eigenvalue weighted by Gasteiger charge is -2.39. The molecule has 2 atom stereocenters. The SMILES string of the molecule is CC1(C)CC2CC(C)(CN2C(=O)c2ccc(OCc3ccccc3)cc2)C1. The molecule has 2 fully saturated rings. The predicted octanol–water partition coefficient (Wildman–Crippen LogP) is 5.31. The van der Waals surface area contributed by atoms with Crippen LogP contribution in [0.25, 0.3) is 0 Å². The van der Waals surface area contributed by atoms with Crippen LogP contribution in [0.15, 0.2) is 54.6 Å². The summed E-state index contributed by atoms with van der Waals surface area (Å²) in [6, 6.07) is 18.1. The molecule has 1 aliphatic heterocycles. The molecule has 27 heavy (non-hydrogen) atoms. The van der Waals surface area contributed by atoms with E-state index in [2.05, 4.69) is 25.7 Å². The molecule has 3 heteroatoms. The number of carbonyl (C=O) groups excluding carboxylic acids is 1. The average molecular weight is 364 g/mol. The molecule has 0 N–H and O–H groups in total. The van der Waals surface area contributed by atoms with Gasteiger partial charge in [0.25, 0.3) is 5.91 Å². The van der Waals surface area contributed by atoms with Gasteiger partial charge >= 0.3 is 0 Å². The van der Waals surface area contributed by atoms with E-state index in [1.165, 1.54) is 6.42 Å². The number of hydrogen-bond acceptors (Lipinski definition) is 2. The van der Waals surface area contributed by atoms with E-state index in [-0.39, 0.29) is 11.3 Å². The van der Waals surface area contributed by atoms with Gasteiger partial charge < -0.3 is 9.64 Å². The highest BCUT2D eigenvalue weighted by atomic mass is 16.5. The Kier molecular flexibility index (Phi) is 4.49. The Bertz CT molecular complexity index is 812. The average Bonchev–Trinajstić information content (AvgIpc) is 2.89. The summed E-state index contributed by atoms with van der Waals surface area (Å²) < 4.78 is 5.84. The monoisotopic (exact) mass is 363 g/mol. The third-order valence-electron chi connectivity index (χ3n) is 6.03. The number of nitrogens with zero attached hydrogens (tertiary/aromatic N) is 1. The first-order valence-electron chi connectivity index (χ1n) is 9.91. The van der Waals surface area contributed by atoms with E-state index in [0.717, 1.165) is 36.3 Å². The summed E-state index contributed by atoms with van der Waals surface area (Å²) in [6.07, 6.45) is 3.44. The van der Waals surface area contributed by atoms with Crippen molar-refractivity contribution in [2.75, 3.05) is 6.54 Å². The Balaban J connectivity index is 1.42. The zero-order valence-corrected chi connectivity index (χ0v) is 16.6. The second-order valence-corrected chi connectivity index (χ2v) is 9.45. The number of ether oxygens (including phenoxy) is 1. The Morgan fingerprint density at radius 3 is 2.44 bits per heavy atom. The number of fused-ring (bicyclic) bond motifs is 2. The van der Waals surface area contributed by atoms with Crippen molar-refractivity contribution in [1.82, 2.24) is 4.90 Å². The molecule has 0 radical (unpaired) electrons. The summed E-state index contributed by atoms with van der Waals surface area (Å²) in [5.74, 6) is 0.958. The van der Waals surface area contributed by atoms with Crippen LogP contribution in [0, 0.1) is 10.8 Å².